The molecule has 1 aromatic heterocycles. The second kappa shape index (κ2) is 7.95. The maximum atomic E-state index is 12.6. The number of nitrogens with zero attached hydrogens (tertiary/aromatic N) is 2. The number of carbonyl (C=O) groups is 1. The summed E-state index contributed by atoms with van der Waals surface area (Å²) in [6.07, 6.45) is 2.34. The van der Waals surface area contributed by atoms with E-state index < -0.39 is 16.1 Å². The minimum Gasteiger partial charge on any atom is -0.494 e. The fourth-order valence-electron chi connectivity index (χ4n) is 3.18. The van der Waals surface area contributed by atoms with E-state index in [1.54, 1.807) is 0 Å². The number of rotatable bonds is 6. The lowest BCUT2D eigenvalue weighted by molar-refractivity contribution is -0.119. The van der Waals surface area contributed by atoms with Crippen LogP contribution in [0.25, 0.3) is 11.3 Å². The van der Waals surface area contributed by atoms with Crippen LogP contribution in [0.2, 0.25) is 0 Å². The molecule has 0 unspecified atom stereocenters. The van der Waals surface area contributed by atoms with E-state index in [0.29, 0.717) is 31.1 Å². The number of aromatic nitrogens is 1. The zero-order valence-corrected chi connectivity index (χ0v) is 17.2. The van der Waals surface area contributed by atoms with Gasteiger partial charge in [0.2, 0.25) is 15.9 Å². The lowest BCUT2D eigenvalue weighted by Crippen LogP contribution is -2.42. The highest BCUT2D eigenvalue weighted by Gasteiger charge is 2.36. The van der Waals surface area contributed by atoms with E-state index in [-0.39, 0.29) is 5.91 Å². The molecule has 27 heavy (non-hydrogen) atoms. The predicted octanol–water partition coefficient (Wildman–Crippen LogP) is 2.88. The minimum absolute atomic E-state index is 0.329. The molecule has 0 saturated carbocycles. The maximum absolute atomic E-state index is 12.6. The fourth-order valence-corrected chi connectivity index (χ4v) is 5.14. The minimum atomic E-state index is -3.40. The number of ether oxygens (including phenoxy) is 1. The van der Waals surface area contributed by atoms with E-state index >= 15 is 0 Å². The van der Waals surface area contributed by atoms with E-state index in [2.05, 4.69) is 10.3 Å². The van der Waals surface area contributed by atoms with Crippen molar-refractivity contribution in [1.29, 1.82) is 0 Å². The van der Waals surface area contributed by atoms with Gasteiger partial charge in [-0.25, -0.2) is 13.4 Å². The highest BCUT2D eigenvalue weighted by Crippen LogP contribution is 2.32. The molecule has 1 atom stereocenters. The van der Waals surface area contributed by atoms with Crippen LogP contribution in [0.4, 0.5) is 5.13 Å². The Morgan fingerprint density at radius 1 is 1.37 bits per heavy atom. The van der Waals surface area contributed by atoms with E-state index in [0.717, 1.165) is 28.1 Å². The van der Waals surface area contributed by atoms with Gasteiger partial charge in [0, 0.05) is 17.0 Å². The summed E-state index contributed by atoms with van der Waals surface area (Å²) in [4.78, 5) is 18.1. The number of benzene rings is 1. The van der Waals surface area contributed by atoms with Gasteiger partial charge >= 0.3 is 0 Å². The smallest absolute Gasteiger partial charge is 0.244 e. The number of anilines is 1. The van der Waals surface area contributed by atoms with Crippen LogP contribution in [-0.2, 0) is 14.8 Å². The van der Waals surface area contributed by atoms with Gasteiger partial charge in [-0.2, -0.15) is 4.31 Å². The highest BCUT2D eigenvalue weighted by atomic mass is 32.2. The lowest BCUT2D eigenvalue weighted by Gasteiger charge is -2.20. The Bertz CT molecular complexity index is 923. The van der Waals surface area contributed by atoms with Gasteiger partial charge in [0.25, 0.3) is 0 Å². The molecule has 2 heterocycles. The van der Waals surface area contributed by atoms with Crippen molar-refractivity contribution >= 4 is 32.4 Å². The van der Waals surface area contributed by atoms with Gasteiger partial charge in [-0.05, 0) is 51.0 Å². The van der Waals surface area contributed by atoms with E-state index in [1.165, 1.54) is 15.6 Å². The number of thiazole rings is 1. The molecule has 1 fully saturated rings. The molecule has 0 spiro atoms. The molecule has 1 saturated heterocycles. The number of carbonyl (C=O) groups excluding carboxylic acids is 1. The number of hydrogen-bond acceptors (Lipinski definition) is 6. The van der Waals surface area contributed by atoms with Gasteiger partial charge < -0.3 is 10.1 Å². The second-order valence-corrected chi connectivity index (χ2v) is 9.54. The molecule has 0 aliphatic carbocycles. The molecular formula is C18H23N3O4S2. The molecule has 9 heteroatoms. The second-order valence-electron chi connectivity index (χ2n) is 6.40. The quantitative estimate of drug-likeness (QED) is 0.792. The molecule has 1 aliphatic rings. The average molecular weight is 410 g/mol. The van der Waals surface area contributed by atoms with Crippen LogP contribution in [0.1, 0.15) is 24.6 Å². The first-order valence-electron chi connectivity index (χ1n) is 8.78. The molecular weight excluding hydrogens is 386 g/mol. The van der Waals surface area contributed by atoms with Crippen LogP contribution in [-0.4, -0.2) is 49.1 Å². The van der Waals surface area contributed by atoms with Gasteiger partial charge in [-0.1, -0.05) is 0 Å². The number of aryl methyl sites for hydroxylation is 1. The maximum Gasteiger partial charge on any atom is 0.244 e. The molecule has 1 N–H and O–H groups in total. The Morgan fingerprint density at radius 2 is 2.07 bits per heavy atom. The normalized spacial score (nSPS) is 17.8. The molecule has 0 radical (unpaired) electrons. The van der Waals surface area contributed by atoms with Gasteiger partial charge in [-0.3, -0.25) is 4.79 Å². The van der Waals surface area contributed by atoms with Crippen LogP contribution < -0.4 is 10.1 Å². The van der Waals surface area contributed by atoms with Gasteiger partial charge in [-0.15, -0.1) is 11.3 Å². The summed E-state index contributed by atoms with van der Waals surface area (Å²) < 4.78 is 30.4. The Hall–Kier alpha value is -1.97. The standard InChI is InChI=1S/C18H23N3O4S2/c1-4-25-14-9-7-13(8-10-14)16-12(2)26-18(19-16)20-17(22)15-6-5-11-21(15)27(3,23)24/h7-10,15H,4-6,11H2,1-3H3,(H,19,20,22)/t15-/m1/s1. The van der Waals surface area contributed by atoms with Crippen molar-refractivity contribution < 1.29 is 17.9 Å². The van der Waals surface area contributed by atoms with Gasteiger partial charge in [0.15, 0.2) is 5.13 Å². The fraction of sp³-hybridized carbons (Fsp3) is 0.444. The zero-order chi connectivity index (χ0) is 19.6. The Labute approximate surface area is 163 Å². The first-order chi connectivity index (χ1) is 12.8. The summed E-state index contributed by atoms with van der Waals surface area (Å²) in [6.45, 7) is 4.86. The Balaban J connectivity index is 1.75. The van der Waals surface area contributed by atoms with Crippen LogP contribution >= 0.6 is 11.3 Å². The van der Waals surface area contributed by atoms with Crippen molar-refractivity contribution in [3.63, 3.8) is 0 Å². The Kier molecular flexibility index (Phi) is 5.83. The topological polar surface area (TPSA) is 88.6 Å². The third-order valence-corrected chi connectivity index (χ3v) is 6.57. The lowest BCUT2D eigenvalue weighted by atomic mass is 10.1. The largest absolute Gasteiger partial charge is 0.494 e. The van der Waals surface area contributed by atoms with E-state index in [4.69, 9.17) is 4.74 Å². The summed E-state index contributed by atoms with van der Waals surface area (Å²) in [6, 6.07) is 6.97. The zero-order valence-electron chi connectivity index (χ0n) is 15.6. The number of nitrogens with one attached hydrogen (secondary N) is 1. The highest BCUT2D eigenvalue weighted by molar-refractivity contribution is 7.88. The van der Waals surface area contributed by atoms with Crippen LogP contribution in [0.3, 0.4) is 0 Å². The summed E-state index contributed by atoms with van der Waals surface area (Å²) in [5.41, 5.74) is 1.73. The first kappa shape index (κ1) is 19.8. The molecule has 2 aromatic rings. The number of sulfonamides is 1. The molecule has 0 bridgehead atoms. The van der Waals surface area contributed by atoms with Crippen LogP contribution in [0, 0.1) is 6.92 Å². The van der Waals surface area contributed by atoms with Crippen molar-refractivity contribution in [3.05, 3.63) is 29.1 Å². The van der Waals surface area contributed by atoms with Crippen molar-refractivity contribution in [2.45, 2.75) is 32.7 Å². The Morgan fingerprint density at radius 3 is 2.70 bits per heavy atom. The van der Waals surface area contributed by atoms with E-state index in [1.807, 2.05) is 38.1 Å². The van der Waals surface area contributed by atoms with Gasteiger partial charge in [0.05, 0.1) is 18.6 Å². The SMILES string of the molecule is CCOc1ccc(-c2nc(NC(=O)[C@H]3CCCN3S(C)(=O)=O)sc2C)cc1. The average Bonchev–Trinajstić information content (AvgIpc) is 3.23. The molecule has 1 amide bonds. The van der Waals surface area contributed by atoms with Gasteiger partial charge in [0.1, 0.15) is 11.8 Å². The summed E-state index contributed by atoms with van der Waals surface area (Å²) in [7, 11) is -3.40. The summed E-state index contributed by atoms with van der Waals surface area (Å²) in [5, 5.41) is 3.26. The first-order valence-corrected chi connectivity index (χ1v) is 11.4. The molecule has 1 aromatic carbocycles. The molecule has 3 rings (SSSR count). The monoisotopic (exact) mass is 409 g/mol. The predicted molar refractivity (Wildman–Crippen MR) is 107 cm³/mol. The molecule has 7 nitrogen and oxygen atoms in total. The third-order valence-electron chi connectivity index (χ3n) is 4.40. The van der Waals surface area contributed by atoms with Crippen molar-refractivity contribution in [1.82, 2.24) is 9.29 Å². The van der Waals surface area contributed by atoms with Crippen LogP contribution in [0.5, 0.6) is 5.75 Å². The van der Waals surface area contributed by atoms with Crippen LogP contribution in [0.15, 0.2) is 24.3 Å². The summed E-state index contributed by atoms with van der Waals surface area (Å²) in [5.74, 6) is 0.467. The number of amides is 1. The van der Waals surface area contributed by atoms with Crippen molar-refractivity contribution in [3.8, 4) is 17.0 Å². The number of hydrogen-bond donors (Lipinski definition) is 1. The molecule has 146 valence electrons. The summed E-state index contributed by atoms with van der Waals surface area (Å²) >= 11 is 1.38. The van der Waals surface area contributed by atoms with Crippen molar-refractivity contribution in [2.24, 2.45) is 0 Å². The molecule has 1 aliphatic heterocycles. The van der Waals surface area contributed by atoms with E-state index in [9.17, 15) is 13.2 Å². The third kappa shape index (κ3) is 4.48. The van der Waals surface area contributed by atoms with Crippen molar-refractivity contribution in [2.75, 3.05) is 24.7 Å².